The van der Waals surface area contributed by atoms with Crippen molar-refractivity contribution in [3.63, 3.8) is 0 Å². The summed E-state index contributed by atoms with van der Waals surface area (Å²) in [6.45, 7) is 0. The van der Waals surface area contributed by atoms with E-state index in [1.165, 1.54) is 0 Å². The fourth-order valence-electron chi connectivity index (χ4n) is 1.36. The van der Waals surface area contributed by atoms with Gasteiger partial charge in [-0.15, -0.1) is 0 Å². The van der Waals surface area contributed by atoms with E-state index in [0.717, 1.165) is 5.56 Å². The van der Waals surface area contributed by atoms with Crippen LogP contribution in [0.1, 0.15) is 0 Å². The molecule has 0 amide bonds. The highest BCUT2D eigenvalue weighted by Crippen LogP contribution is 2.30. The zero-order chi connectivity index (χ0) is 11.5. The summed E-state index contributed by atoms with van der Waals surface area (Å²) in [5, 5.41) is 0.599. The standard InChI is InChI=1S/C11H10ClN3O/c1-16-9-3-2-7(12)6-8(9)11-14-5-4-10(13)15-11/h2-6H,1H3,(H2,13,14,15). The first kappa shape index (κ1) is 10.7. The molecular weight excluding hydrogens is 226 g/mol. The molecule has 0 saturated heterocycles. The van der Waals surface area contributed by atoms with Crippen molar-refractivity contribution in [2.75, 3.05) is 12.8 Å². The highest BCUT2D eigenvalue weighted by molar-refractivity contribution is 6.30. The van der Waals surface area contributed by atoms with E-state index < -0.39 is 0 Å². The molecule has 2 aromatic rings. The van der Waals surface area contributed by atoms with E-state index >= 15 is 0 Å². The fourth-order valence-corrected chi connectivity index (χ4v) is 1.53. The van der Waals surface area contributed by atoms with Gasteiger partial charge in [-0.3, -0.25) is 0 Å². The third-order valence-corrected chi connectivity index (χ3v) is 2.31. The third kappa shape index (κ3) is 2.06. The van der Waals surface area contributed by atoms with Crippen LogP contribution in [0.2, 0.25) is 5.02 Å². The van der Waals surface area contributed by atoms with Crippen LogP contribution in [0.25, 0.3) is 11.4 Å². The minimum atomic E-state index is 0.409. The number of aromatic nitrogens is 2. The molecule has 0 spiro atoms. The van der Waals surface area contributed by atoms with Gasteiger partial charge in [0.25, 0.3) is 0 Å². The van der Waals surface area contributed by atoms with Crippen LogP contribution in [-0.2, 0) is 0 Å². The summed E-state index contributed by atoms with van der Waals surface area (Å²) in [6.07, 6.45) is 1.60. The summed E-state index contributed by atoms with van der Waals surface area (Å²) in [5.74, 6) is 1.57. The van der Waals surface area contributed by atoms with Gasteiger partial charge in [0.15, 0.2) is 5.82 Å². The number of nitrogen functional groups attached to an aromatic ring is 1. The van der Waals surface area contributed by atoms with Crippen LogP contribution in [0.5, 0.6) is 5.75 Å². The normalized spacial score (nSPS) is 10.1. The van der Waals surface area contributed by atoms with Crippen molar-refractivity contribution >= 4 is 17.4 Å². The number of ether oxygens (including phenoxy) is 1. The Balaban J connectivity index is 2.58. The second-order valence-electron chi connectivity index (χ2n) is 3.15. The van der Waals surface area contributed by atoms with E-state index in [2.05, 4.69) is 9.97 Å². The van der Waals surface area contributed by atoms with Crippen molar-refractivity contribution in [1.29, 1.82) is 0 Å². The zero-order valence-corrected chi connectivity index (χ0v) is 9.40. The van der Waals surface area contributed by atoms with Gasteiger partial charge in [-0.1, -0.05) is 11.6 Å². The van der Waals surface area contributed by atoms with Crippen LogP contribution in [0.4, 0.5) is 5.82 Å². The Morgan fingerprint density at radius 3 is 2.81 bits per heavy atom. The monoisotopic (exact) mass is 235 g/mol. The maximum atomic E-state index is 5.92. The minimum absolute atomic E-state index is 0.409. The molecular formula is C11H10ClN3O. The number of hydrogen-bond acceptors (Lipinski definition) is 4. The van der Waals surface area contributed by atoms with Crippen molar-refractivity contribution in [2.24, 2.45) is 0 Å². The molecule has 16 heavy (non-hydrogen) atoms. The van der Waals surface area contributed by atoms with Crippen LogP contribution >= 0.6 is 11.6 Å². The van der Waals surface area contributed by atoms with Gasteiger partial charge in [0.2, 0.25) is 0 Å². The predicted octanol–water partition coefficient (Wildman–Crippen LogP) is 2.39. The number of anilines is 1. The summed E-state index contributed by atoms with van der Waals surface area (Å²) < 4.78 is 5.22. The average molecular weight is 236 g/mol. The number of nitrogens with zero attached hydrogens (tertiary/aromatic N) is 2. The summed E-state index contributed by atoms with van der Waals surface area (Å²) in [5.41, 5.74) is 6.32. The molecule has 1 heterocycles. The molecule has 82 valence electrons. The number of hydrogen-bond donors (Lipinski definition) is 1. The summed E-state index contributed by atoms with van der Waals surface area (Å²) in [7, 11) is 1.58. The Morgan fingerprint density at radius 2 is 2.12 bits per heavy atom. The fraction of sp³-hybridized carbons (Fsp3) is 0.0909. The maximum Gasteiger partial charge on any atom is 0.165 e. The molecule has 2 N–H and O–H groups in total. The SMILES string of the molecule is COc1ccc(Cl)cc1-c1nccc(N)n1. The predicted molar refractivity (Wildman–Crippen MR) is 63.4 cm³/mol. The number of rotatable bonds is 2. The molecule has 5 heteroatoms. The van der Waals surface area contributed by atoms with E-state index in [0.29, 0.717) is 22.4 Å². The van der Waals surface area contributed by atoms with Crippen molar-refractivity contribution in [2.45, 2.75) is 0 Å². The second-order valence-corrected chi connectivity index (χ2v) is 3.59. The van der Waals surface area contributed by atoms with Gasteiger partial charge in [0, 0.05) is 11.2 Å². The first-order valence-corrected chi connectivity index (χ1v) is 5.01. The molecule has 0 aliphatic rings. The number of methoxy groups -OCH3 is 1. The smallest absolute Gasteiger partial charge is 0.165 e. The van der Waals surface area contributed by atoms with E-state index in [-0.39, 0.29) is 0 Å². The molecule has 1 aromatic heterocycles. The molecule has 0 bridgehead atoms. The number of halogens is 1. The van der Waals surface area contributed by atoms with Crippen molar-refractivity contribution in [3.8, 4) is 17.1 Å². The molecule has 0 aliphatic heterocycles. The highest BCUT2D eigenvalue weighted by Gasteiger charge is 2.09. The first-order valence-electron chi connectivity index (χ1n) is 4.63. The molecule has 2 rings (SSSR count). The first-order chi connectivity index (χ1) is 7.70. The molecule has 0 aliphatic carbocycles. The maximum absolute atomic E-state index is 5.92. The van der Waals surface area contributed by atoms with Gasteiger partial charge in [0.1, 0.15) is 11.6 Å². The topological polar surface area (TPSA) is 61.0 Å². The summed E-state index contributed by atoms with van der Waals surface area (Å²) in [6, 6.07) is 6.89. The molecule has 0 fully saturated rings. The number of benzene rings is 1. The lowest BCUT2D eigenvalue weighted by Gasteiger charge is -2.07. The Bertz CT molecular complexity index is 516. The second kappa shape index (κ2) is 4.37. The van der Waals surface area contributed by atoms with Gasteiger partial charge in [-0.2, -0.15) is 0 Å². The minimum Gasteiger partial charge on any atom is -0.496 e. The Kier molecular flexibility index (Phi) is 2.92. The number of nitrogens with two attached hydrogens (primary N) is 1. The van der Waals surface area contributed by atoms with E-state index in [4.69, 9.17) is 22.1 Å². The van der Waals surface area contributed by atoms with Crippen molar-refractivity contribution in [1.82, 2.24) is 9.97 Å². The van der Waals surface area contributed by atoms with E-state index in [1.54, 1.807) is 37.6 Å². The third-order valence-electron chi connectivity index (χ3n) is 2.08. The Hall–Kier alpha value is -1.81. The highest BCUT2D eigenvalue weighted by atomic mass is 35.5. The van der Waals surface area contributed by atoms with Gasteiger partial charge in [0.05, 0.1) is 12.7 Å². The quantitative estimate of drug-likeness (QED) is 0.868. The molecule has 1 aromatic carbocycles. The lowest BCUT2D eigenvalue weighted by molar-refractivity contribution is 0.416. The largest absolute Gasteiger partial charge is 0.496 e. The molecule has 0 radical (unpaired) electrons. The van der Waals surface area contributed by atoms with Gasteiger partial charge >= 0.3 is 0 Å². The Morgan fingerprint density at radius 1 is 1.31 bits per heavy atom. The van der Waals surface area contributed by atoms with Gasteiger partial charge in [-0.25, -0.2) is 9.97 Å². The van der Waals surface area contributed by atoms with Crippen LogP contribution in [0.3, 0.4) is 0 Å². The van der Waals surface area contributed by atoms with Gasteiger partial charge in [-0.05, 0) is 24.3 Å². The molecule has 0 atom stereocenters. The van der Waals surface area contributed by atoms with E-state index in [1.807, 2.05) is 0 Å². The van der Waals surface area contributed by atoms with Crippen molar-refractivity contribution in [3.05, 3.63) is 35.5 Å². The molecule has 0 saturated carbocycles. The van der Waals surface area contributed by atoms with Crippen LogP contribution in [-0.4, -0.2) is 17.1 Å². The van der Waals surface area contributed by atoms with Crippen LogP contribution in [0.15, 0.2) is 30.5 Å². The van der Waals surface area contributed by atoms with Crippen LogP contribution in [0, 0.1) is 0 Å². The van der Waals surface area contributed by atoms with Crippen molar-refractivity contribution < 1.29 is 4.74 Å². The van der Waals surface area contributed by atoms with Gasteiger partial charge < -0.3 is 10.5 Å². The summed E-state index contributed by atoms with van der Waals surface area (Å²) >= 11 is 5.92. The average Bonchev–Trinajstić information content (AvgIpc) is 2.29. The molecule has 0 unspecified atom stereocenters. The molecule has 4 nitrogen and oxygen atoms in total. The lowest BCUT2D eigenvalue weighted by Crippen LogP contribution is -1.96. The Labute approximate surface area is 98.0 Å². The lowest BCUT2D eigenvalue weighted by atomic mass is 10.2. The van der Waals surface area contributed by atoms with E-state index in [9.17, 15) is 0 Å². The summed E-state index contributed by atoms with van der Waals surface area (Å²) in [4.78, 5) is 8.25. The van der Waals surface area contributed by atoms with Crippen LogP contribution < -0.4 is 10.5 Å². The zero-order valence-electron chi connectivity index (χ0n) is 8.64.